The second kappa shape index (κ2) is 8.14. The van der Waals surface area contributed by atoms with Gasteiger partial charge in [0.15, 0.2) is 9.84 Å². The molecule has 1 aliphatic heterocycles. The maximum absolute atomic E-state index is 13.2. The van der Waals surface area contributed by atoms with Gasteiger partial charge in [-0.1, -0.05) is 5.10 Å². The van der Waals surface area contributed by atoms with Crippen LogP contribution in [0.4, 0.5) is 25.3 Å². The highest BCUT2D eigenvalue weighted by molar-refractivity contribution is 7.91. The van der Waals surface area contributed by atoms with E-state index in [2.05, 4.69) is 26.1 Å². The minimum Gasteiger partial charge on any atom is -0.444 e. The van der Waals surface area contributed by atoms with Crippen molar-refractivity contribution in [3.05, 3.63) is 18.2 Å². The Morgan fingerprint density at radius 3 is 2.57 bits per heavy atom. The Morgan fingerprint density at radius 1 is 1.26 bits per heavy atom. The molecule has 35 heavy (non-hydrogen) atoms. The van der Waals surface area contributed by atoms with E-state index in [1.165, 1.54) is 18.2 Å². The standard InChI is InChI=1S/C21H25F2N5O6S/c1-19(2,3)34-18(30)25-13-8-35(31,32)14-6-5-11(7-12(14)24-15(13)29)16-27-28-17(33-16)26-20(4)9-21(22,23)10-20/h5-7,13H,8-10H2,1-4H3,(H,24,29)(H,25,30)(H,26,28)/t13-/m0/s1. The Kier molecular flexibility index (Phi) is 5.77. The Bertz CT molecular complexity index is 1280. The first-order valence-corrected chi connectivity index (χ1v) is 12.4. The zero-order valence-corrected chi connectivity index (χ0v) is 20.3. The smallest absolute Gasteiger partial charge is 0.408 e. The summed E-state index contributed by atoms with van der Waals surface area (Å²) in [6, 6.07) is 2.59. The monoisotopic (exact) mass is 513 g/mol. The first-order valence-electron chi connectivity index (χ1n) is 10.7. The van der Waals surface area contributed by atoms with Crippen LogP contribution in [0.15, 0.2) is 27.5 Å². The van der Waals surface area contributed by atoms with Crippen molar-refractivity contribution in [1.82, 2.24) is 15.5 Å². The molecule has 1 aromatic carbocycles. The molecule has 2 aliphatic rings. The fourth-order valence-electron chi connectivity index (χ4n) is 4.02. The van der Waals surface area contributed by atoms with Crippen LogP contribution in [0.25, 0.3) is 11.5 Å². The molecule has 0 radical (unpaired) electrons. The van der Waals surface area contributed by atoms with E-state index in [4.69, 9.17) is 9.15 Å². The van der Waals surface area contributed by atoms with Crippen molar-refractivity contribution < 1.29 is 35.9 Å². The van der Waals surface area contributed by atoms with Crippen molar-refractivity contribution >= 4 is 33.5 Å². The number of anilines is 2. The van der Waals surface area contributed by atoms with Gasteiger partial charge >= 0.3 is 12.1 Å². The molecule has 2 amide bonds. The van der Waals surface area contributed by atoms with Crippen LogP contribution in [0, 0.1) is 0 Å². The van der Waals surface area contributed by atoms with E-state index in [-0.39, 0.29) is 35.3 Å². The van der Waals surface area contributed by atoms with Crippen molar-refractivity contribution in [2.75, 3.05) is 16.4 Å². The number of carbonyl (C=O) groups is 2. The minimum atomic E-state index is -3.98. The second-order valence-corrected chi connectivity index (χ2v) is 12.0. The van der Waals surface area contributed by atoms with Gasteiger partial charge in [0.2, 0.25) is 11.8 Å². The Balaban J connectivity index is 1.53. The third-order valence-electron chi connectivity index (χ3n) is 5.34. The van der Waals surface area contributed by atoms with Gasteiger partial charge in [-0.3, -0.25) is 4.79 Å². The molecule has 1 fully saturated rings. The normalized spacial score (nSPS) is 22.1. The molecule has 0 unspecified atom stereocenters. The number of ether oxygens (including phenoxy) is 1. The largest absolute Gasteiger partial charge is 0.444 e. The summed E-state index contributed by atoms with van der Waals surface area (Å²) in [5.74, 6) is -4.17. The molecule has 3 N–H and O–H groups in total. The van der Waals surface area contributed by atoms with E-state index in [0.717, 1.165) is 0 Å². The molecule has 2 aromatic rings. The van der Waals surface area contributed by atoms with Crippen LogP contribution in [0.2, 0.25) is 0 Å². The number of carbonyl (C=O) groups excluding carboxylic acids is 2. The Morgan fingerprint density at radius 2 is 1.94 bits per heavy atom. The highest BCUT2D eigenvalue weighted by atomic mass is 32.2. The van der Waals surface area contributed by atoms with Crippen LogP contribution in [0.1, 0.15) is 40.5 Å². The molecule has 1 atom stereocenters. The summed E-state index contributed by atoms with van der Waals surface area (Å²) in [5.41, 5.74) is -1.46. The van der Waals surface area contributed by atoms with Gasteiger partial charge in [-0.15, -0.1) is 5.10 Å². The maximum atomic E-state index is 13.2. The Labute approximate surface area is 199 Å². The lowest BCUT2D eigenvalue weighted by molar-refractivity contribution is -0.117. The molecule has 0 saturated heterocycles. The lowest BCUT2D eigenvalue weighted by atomic mass is 9.75. The van der Waals surface area contributed by atoms with E-state index < -0.39 is 50.7 Å². The summed E-state index contributed by atoms with van der Waals surface area (Å²) < 4.78 is 62.9. The number of halogens is 2. The van der Waals surface area contributed by atoms with Gasteiger partial charge in [0, 0.05) is 18.4 Å². The third kappa shape index (κ3) is 5.52. The summed E-state index contributed by atoms with van der Waals surface area (Å²) in [6.45, 7) is 6.51. The summed E-state index contributed by atoms with van der Waals surface area (Å²) in [4.78, 5) is 24.6. The highest BCUT2D eigenvalue weighted by Gasteiger charge is 2.54. The lowest BCUT2D eigenvalue weighted by Gasteiger charge is -2.44. The van der Waals surface area contributed by atoms with Gasteiger partial charge in [0.1, 0.15) is 11.6 Å². The van der Waals surface area contributed by atoms with Crippen LogP contribution >= 0.6 is 0 Å². The van der Waals surface area contributed by atoms with Crippen molar-refractivity contribution in [1.29, 1.82) is 0 Å². The molecule has 1 aromatic heterocycles. The van der Waals surface area contributed by atoms with Gasteiger partial charge in [0.05, 0.1) is 21.9 Å². The number of aromatic nitrogens is 2. The number of hydrogen-bond donors (Lipinski definition) is 3. The molecule has 4 rings (SSSR count). The molecular weight excluding hydrogens is 488 g/mol. The van der Waals surface area contributed by atoms with Crippen LogP contribution in [-0.4, -0.2) is 59.5 Å². The number of alkyl carbamates (subject to hydrolysis) is 1. The first-order chi connectivity index (χ1) is 16.0. The van der Waals surface area contributed by atoms with Crippen LogP contribution in [0.5, 0.6) is 0 Å². The van der Waals surface area contributed by atoms with E-state index in [0.29, 0.717) is 5.56 Å². The average Bonchev–Trinajstić information content (AvgIpc) is 3.08. The number of alkyl halides is 2. The molecule has 0 spiro atoms. The SMILES string of the molecule is CC1(Nc2nnc(-c3ccc4c(c3)NC(=O)[C@@H](NC(=O)OC(C)(C)C)CS4(=O)=O)o2)CC(F)(F)C1. The topological polar surface area (TPSA) is 153 Å². The molecule has 1 saturated carbocycles. The Hall–Kier alpha value is -3.29. The summed E-state index contributed by atoms with van der Waals surface area (Å²) in [7, 11) is -3.98. The third-order valence-corrected chi connectivity index (χ3v) is 7.14. The summed E-state index contributed by atoms with van der Waals surface area (Å²) >= 11 is 0. The van der Waals surface area contributed by atoms with Crippen molar-refractivity contribution in [3.63, 3.8) is 0 Å². The van der Waals surface area contributed by atoms with Gasteiger partial charge in [-0.05, 0) is 45.9 Å². The second-order valence-electron chi connectivity index (χ2n) is 9.99. The minimum absolute atomic E-state index is 0.00990. The molecule has 0 bridgehead atoms. The number of benzene rings is 1. The fraction of sp³-hybridized carbons (Fsp3) is 0.524. The molecule has 14 heteroatoms. The van der Waals surface area contributed by atoms with Crippen molar-refractivity contribution in [2.24, 2.45) is 0 Å². The molecular formula is C21H25F2N5O6S. The lowest BCUT2D eigenvalue weighted by Crippen LogP contribution is -2.54. The van der Waals surface area contributed by atoms with E-state index in [1.807, 2.05) is 0 Å². The fourth-order valence-corrected chi connectivity index (χ4v) is 5.59. The van der Waals surface area contributed by atoms with Crippen LogP contribution in [0.3, 0.4) is 0 Å². The number of sulfone groups is 1. The van der Waals surface area contributed by atoms with E-state index in [9.17, 15) is 26.8 Å². The van der Waals surface area contributed by atoms with E-state index >= 15 is 0 Å². The van der Waals surface area contributed by atoms with Crippen LogP contribution in [-0.2, 0) is 19.4 Å². The zero-order valence-electron chi connectivity index (χ0n) is 19.4. The van der Waals surface area contributed by atoms with Gasteiger partial charge in [-0.2, -0.15) is 0 Å². The number of amides is 2. The predicted octanol–water partition coefficient (Wildman–Crippen LogP) is 2.96. The van der Waals surface area contributed by atoms with Gasteiger partial charge in [-0.25, -0.2) is 22.0 Å². The van der Waals surface area contributed by atoms with Gasteiger partial charge in [0.25, 0.3) is 5.92 Å². The highest BCUT2D eigenvalue weighted by Crippen LogP contribution is 2.47. The zero-order chi connectivity index (χ0) is 25.8. The predicted molar refractivity (Wildman–Crippen MR) is 120 cm³/mol. The number of rotatable bonds is 4. The molecule has 190 valence electrons. The van der Waals surface area contributed by atoms with Crippen molar-refractivity contribution in [3.8, 4) is 11.5 Å². The molecule has 2 heterocycles. The maximum Gasteiger partial charge on any atom is 0.408 e. The molecule has 11 nitrogen and oxygen atoms in total. The summed E-state index contributed by atoms with van der Waals surface area (Å²) in [6.07, 6.45) is -1.68. The van der Waals surface area contributed by atoms with E-state index in [1.54, 1.807) is 27.7 Å². The quantitative estimate of drug-likeness (QED) is 0.560. The molecule has 1 aliphatic carbocycles. The van der Waals surface area contributed by atoms with Crippen LogP contribution < -0.4 is 16.0 Å². The first kappa shape index (κ1) is 24.8. The van der Waals surface area contributed by atoms with Gasteiger partial charge < -0.3 is 25.1 Å². The number of nitrogens with one attached hydrogen (secondary N) is 3. The number of fused-ring (bicyclic) bond motifs is 1. The number of nitrogens with zero attached hydrogens (tertiary/aromatic N) is 2. The van der Waals surface area contributed by atoms with Crippen molar-refractivity contribution in [2.45, 2.75) is 68.5 Å². The number of hydrogen-bond acceptors (Lipinski definition) is 9. The average molecular weight is 514 g/mol. The summed E-state index contributed by atoms with van der Waals surface area (Å²) in [5, 5.41) is 15.3.